The molecule has 7 nitrogen and oxygen atoms in total. The second-order valence-corrected chi connectivity index (χ2v) is 5.90. The van der Waals surface area contributed by atoms with Gasteiger partial charge in [-0.3, -0.25) is 0 Å². The molecule has 0 amide bonds. The van der Waals surface area contributed by atoms with Crippen LogP contribution in [0.15, 0.2) is 0 Å². The lowest BCUT2D eigenvalue weighted by Crippen LogP contribution is -2.32. The van der Waals surface area contributed by atoms with E-state index in [4.69, 9.17) is 10.5 Å². The van der Waals surface area contributed by atoms with Gasteiger partial charge in [0.2, 0.25) is 17.8 Å². The molecule has 3 heterocycles. The maximum absolute atomic E-state index is 5.89. The monoisotopic (exact) mass is 292 g/mol. The van der Waals surface area contributed by atoms with Crippen LogP contribution < -0.4 is 15.5 Å². The number of nitrogens with two attached hydrogens (primary N) is 1. The van der Waals surface area contributed by atoms with Crippen LogP contribution in [0.1, 0.15) is 25.7 Å². The minimum atomic E-state index is 0.316. The zero-order valence-electron chi connectivity index (χ0n) is 12.7. The number of ether oxygens (including phenoxy) is 1. The quantitative estimate of drug-likeness (QED) is 0.883. The van der Waals surface area contributed by atoms with E-state index in [1.54, 1.807) is 7.11 Å². The summed E-state index contributed by atoms with van der Waals surface area (Å²) in [6.07, 6.45) is 4.79. The first kappa shape index (κ1) is 14.3. The van der Waals surface area contributed by atoms with Gasteiger partial charge in [0.05, 0.1) is 6.61 Å². The number of anilines is 3. The molecular formula is C14H24N6O. The molecule has 0 aliphatic carbocycles. The third-order valence-corrected chi connectivity index (χ3v) is 4.24. The summed E-state index contributed by atoms with van der Waals surface area (Å²) in [4.78, 5) is 17.7. The van der Waals surface area contributed by atoms with Gasteiger partial charge in [-0.2, -0.15) is 15.0 Å². The predicted octanol–water partition coefficient (Wildman–Crippen LogP) is 0.917. The number of aromatic nitrogens is 3. The van der Waals surface area contributed by atoms with Gasteiger partial charge in [-0.1, -0.05) is 0 Å². The highest BCUT2D eigenvalue weighted by Gasteiger charge is 2.26. The van der Waals surface area contributed by atoms with Gasteiger partial charge in [0.25, 0.3) is 0 Å². The molecule has 2 N–H and O–H groups in total. The van der Waals surface area contributed by atoms with Crippen LogP contribution in [-0.4, -0.2) is 54.8 Å². The van der Waals surface area contributed by atoms with E-state index >= 15 is 0 Å². The van der Waals surface area contributed by atoms with Crippen LogP contribution in [0.2, 0.25) is 0 Å². The van der Waals surface area contributed by atoms with Gasteiger partial charge in [0, 0.05) is 39.2 Å². The number of piperidine rings is 1. The normalized spacial score (nSPS) is 22.8. The summed E-state index contributed by atoms with van der Waals surface area (Å²) in [6, 6.07) is 0. The van der Waals surface area contributed by atoms with Crippen LogP contribution in [0.5, 0.6) is 0 Å². The van der Waals surface area contributed by atoms with Crippen molar-refractivity contribution < 1.29 is 4.74 Å². The third-order valence-electron chi connectivity index (χ3n) is 4.24. The van der Waals surface area contributed by atoms with Crippen LogP contribution in [0, 0.1) is 5.92 Å². The van der Waals surface area contributed by atoms with Crippen molar-refractivity contribution in [2.24, 2.45) is 5.92 Å². The number of nitrogen functional groups attached to an aromatic ring is 1. The molecule has 0 bridgehead atoms. The van der Waals surface area contributed by atoms with Crippen LogP contribution in [-0.2, 0) is 4.74 Å². The van der Waals surface area contributed by atoms with E-state index in [2.05, 4.69) is 24.8 Å². The molecule has 2 saturated heterocycles. The fourth-order valence-corrected chi connectivity index (χ4v) is 3.13. The maximum atomic E-state index is 5.89. The first-order chi connectivity index (χ1) is 10.3. The van der Waals surface area contributed by atoms with Crippen LogP contribution in [0.4, 0.5) is 17.8 Å². The minimum Gasteiger partial charge on any atom is -0.384 e. The van der Waals surface area contributed by atoms with Gasteiger partial charge in [-0.05, 0) is 25.7 Å². The van der Waals surface area contributed by atoms with Crippen molar-refractivity contribution in [3.63, 3.8) is 0 Å². The largest absolute Gasteiger partial charge is 0.384 e. The molecule has 2 aliphatic heterocycles. The molecule has 2 aliphatic rings. The number of rotatable bonds is 4. The Morgan fingerprint density at radius 1 is 1.05 bits per heavy atom. The molecule has 0 aromatic carbocycles. The highest BCUT2D eigenvalue weighted by atomic mass is 16.5. The number of hydrogen-bond acceptors (Lipinski definition) is 7. The topological polar surface area (TPSA) is 80.4 Å². The highest BCUT2D eigenvalue weighted by Crippen LogP contribution is 2.24. The molecule has 0 spiro atoms. The Morgan fingerprint density at radius 3 is 2.48 bits per heavy atom. The van der Waals surface area contributed by atoms with Crippen molar-refractivity contribution in [3.8, 4) is 0 Å². The first-order valence-corrected chi connectivity index (χ1v) is 7.76. The Kier molecular flexibility index (Phi) is 4.38. The average Bonchev–Trinajstić information content (AvgIpc) is 2.97. The molecule has 1 aromatic heterocycles. The Balaban J connectivity index is 1.75. The molecule has 1 unspecified atom stereocenters. The van der Waals surface area contributed by atoms with Crippen molar-refractivity contribution in [1.29, 1.82) is 0 Å². The minimum absolute atomic E-state index is 0.316. The standard InChI is InChI=1S/C14H24N6O/c1-21-10-11-5-8-20(9-11)14-17-12(15)16-13(18-14)19-6-3-2-4-7-19/h11H,2-10H2,1H3,(H2,15,16,17,18). The second-order valence-electron chi connectivity index (χ2n) is 5.90. The summed E-state index contributed by atoms with van der Waals surface area (Å²) in [7, 11) is 1.75. The third kappa shape index (κ3) is 3.34. The van der Waals surface area contributed by atoms with Gasteiger partial charge in [0.15, 0.2) is 0 Å². The van der Waals surface area contributed by atoms with E-state index in [1.807, 2.05) is 0 Å². The maximum Gasteiger partial charge on any atom is 0.231 e. The van der Waals surface area contributed by atoms with Gasteiger partial charge in [-0.15, -0.1) is 0 Å². The summed E-state index contributed by atoms with van der Waals surface area (Å²) in [5.74, 6) is 2.30. The van der Waals surface area contributed by atoms with Crippen LogP contribution in [0.25, 0.3) is 0 Å². The average molecular weight is 292 g/mol. The SMILES string of the molecule is COCC1CCN(c2nc(N)nc(N3CCCCC3)n2)C1. The number of nitrogens with zero attached hydrogens (tertiary/aromatic N) is 5. The summed E-state index contributed by atoms with van der Waals surface area (Å²) < 4.78 is 5.24. The Morgan fingerprint density at radius 2 is 1.76 bits per heavy atom. The van der Waals surface area contributed by atoms with Crippen molar-refractivity contribution in [3.05, 3.63) is 0 Å². The first-order valence-electron chi connectivity index (χ1n) is 7.76. The molecule has 1 atom stereocenters. The van der Waals surface area contributed by atoms with Gasteiger partial charge in [-0.25, -0.2) is 0 Å². The molecule has 116 valence electrons. The molecular weight excluding hydrogens is 268 g/mol. The van der Waals surface area contributed by atoms with E-state index in [0.717, 1.165) is 45.2 Å². The Bertz CT molecular complexity index is 477. The van der Waals surface area contributed by atoms with Crippen molar-refractivity contribution in [2.75, 3.05) is 55.4 Å². The van der Waals surface area contributed by atoms with Crippen molar-refractivity contribution in [1.82, 2.24) is 15.0 Å². The van der Waals surface area contributed by atoms with E-state index in [0.29, 0.717) is 17.8 Å². The van der Waals surface area contributed by atoms with E-state index in [9.17, 15) is 0 Å². The molecule has 2 fully saturated rings. The van der Waals surface area contributed by atoms with E-state index < -0.39 is 0 Å². The lowest BCUT2D eigenvalue weighted by molar-refractivity contribution is 0.161. The lowest BCUT2D eigenvalue weighted by atomic mass is 10.1. The van der Waals surface area contributed by atoms with Crippen molar-refractivity contribution >= 4 is 17.8 Å². The molecule has 1 aromatic rings. The zero-order valence-corrected chi connectivity index (χ0v) is 12.7. The fraction of sp³-hybridized carbons (Fsp3) is 0.786. The summed E-state index contributed by atoms with van der Waals surface area (Å²) in [5, 5.41) is 0. The summed E-state index contributed by atoms with van der Waals surface area (Å²) in [6.45, 7) is 4.69. The summed E-state index contributed by atoms with van der Waals surface area (Å²) >= 11 is 0. The Hall–Kier alpha value is -1.63. The molecule has 0 saturated carbocycles. The van der Waals surface area contributed by atoms with Crippen LogP contribution in [0.3, 0.4) is 0 Å². The fourth-order valence-electron chi connectivity index (χ4n) is 3.13. The van der Waals surface area contributed by atoms with Crippen molar-refractivity contribution in [2.45, 2.75) is 25.7 Å². The Labute approximate surface area is 125 Å². The lowest BCUT2D eigenvalue weighted by Gasteiger charge is -2.27. The molecule has 0 radical (unpaired) electrons. The summed E-state index contributed by atoms with van der Waals surface area (Å²) in [5.41, 5.74) is 5.89. The predicted molar refractivity (Wildman–Crippen MR) is 82.5 cm³/mol. The highest BCUT2D eigenvalue weighted by molar-refractivity contribution is 5.44. The van der Waals surface area contributed by atoms with Crippen LogP contribution >= 0.6 is 0 Å². The smallest absolute Gasteiger partial charge is 0.231 e. The van der Waals surface area contributed by atoms with Gasteiger partial charge < -0.3 is 20.3 Å². The molecule has 7 heteroatoms. The second kappa shape index (κ2) is 6.43. The zero-order chi connectivity index (χ0) is 14.7. The van der Waals surface area contributed by atoms with E-state index in [-0.39, 0.29) is 0 Å². The molecule has 3 rings (SSSR count). The van der Waals surface area contributed by atoms with Gasteiger partial charge in [0.1, 0.15) is 0 Å². The molecule has 21 heavy (non-hydrogen) atoms. The number of methoxy groups -OCH3 is 1. The van der Waals surface area contributed by atoms with Gasteiger partial charge >= 0.3 is 0 Å². The number of hydrogen-bond donors (Lipinski definition) is 1. The van der Waals surface area contributed by atoms with E-state index in [1.165, 1.54) is 19.3 Å².